The van der Waals surface area contributed by atoms with Gasteiger partial charge < -0.3 is 10.0 Å². The number of likely N-dealkylation sites (tertiary alicyclic amines) is 1. The van der Waals surface area contributed by atoms with Crippen LogP contribution in [0.3, 0.4) is 0 Å². The lowest BCUT2D eigenvalue weighted by molar-refractivity contribution is 0.0543. The molecule has 3 unspecified atom stereocenters. The number of benzene rings is 1. The van der Waals surface area contributed by atoms with Gasteiger partial charge in [-0.1, -0.05) is 40.5 Å². The van der Waals surface area contributed by atoms with Crippen LogP contribution < -0.4 is 0 Å². The van der Waals surface area contributed by atoms with Crippen molar-refractivity contribution in [3.05, 3.63) is 34.8 Å². The van der Waals surface area contributed by atoms with Crippen molar-refractivity contribution in [2.24, 2.45) is 11.8 Å². The number of nitrogens with zero attached hydrogens (tertiary/aromatic N) is 1. The van der Waals surface area contributed by atoms with Crippen molar-refractivity contribution in [3.63, 3.8) is 0 Å². The Morgan fingerprint density at radius 3 is 2.35 bits per heavy atom. The van der Waals surface area contributed by atoms with Crippen LogP contribution in [0.15, 0.2) is 34.8 Å². The molecule has 1 aliphatic carbocycles. The molecule has 3 rings (SSSR count). The first-order valence-electron chi connectivity index (χ1n) is 7.70. The van der Waals surface area contributed by atoms with Crippen LogP contribution in [-0.2, 0) is 0 Å². The minimum absolute atomic E-state index is 0.0116. The van der Waals surface area contributed by atoms with Crippen molar-refractivity contribution in [2.45, 2.75) is 45.3 Å². The second-order valence-corrected chi connectivity index (χ2v) is 7.18. The number of hydrogen-bond acceptors (Lipinski definition) is 2. The van der Waals surface area contributed by atoms with Gasteiger partial charge in [0.2, 0.25) is 0 Å². The lowest BCUT2D eigenvalue weighted by Gasteiger charge is -2.28. The van der Waals surface area contributed by atoms with Crippen LogP contribution in [-0.4, -0.2) is 35.2 Å². The van der Waals surface area contributed by atoms with Gasteiger partial charge in [0.15, 0.2) is 0 Å². The summed E-state index contributed by atoms with van der Waals surface area (Å²) in [5.74, 6) is 1.36. The number of fused-ring (bicyclic) bond motifs is 1. The van der Waals surface area contributed by atoms with E-state index < -0.39 is 0 Å². The predicted octanol–water partition coefficient (Wildman–Crippen LogP) is 3.94. The van der Waals surface area contributed by atoms with Gasteiger partial charge in [-0.2, -0.15) is 0 Å². The topological polar surface area (TPSA) is 23.5 Å². The Hall–Kier alpha value is -0.380. The molecule has 3 heteroatoms. The molecule has 2 nitrogen and oxygen atoms in total. The number of hydrogen-bond donors (Lipinski definition) is 1. The summed E-state index contributed by atoms with van der Waals surface area (Å²) in [7, 11) is 0. The molecule has 1 saturated carbocycles. The van der Waals surface area contributed by atoms with E-state index in [4.69, 9.17) is 0 Å². The molecule has 1 aromatic carbocycles. The quantitative estimate of drug-likeness (QED) is 0.837. The third-order valence-corrected chi connectivity index (χ3v) is 5.08. The molecular weight excluding hydrogens is 314 g/mol. The standard InChI is InChI=1S/C11H21NO.C6H5Br/c1-8(2)12-6-9-4-3-5-11(13)10(9)7-12;7-6-4-2-1-3-5-6/h8-11,13H,3-7H2,1-2H3;1-5H. The first kappa shape index (κ1) is 16.0. The molecule has 0 bridgehead atoms. The van der Waals surface area contributed by atoms with E-state index >= 15 is 0 Å². The van der Waals surface area contributed by atoms with E-state index in [1.807, 2.05) is 30.3 Å². The molecule has 0 aromatic heterocycles. The molecule has 1 heterocycles. The van der Waals surface area contributed by atoms with Crippen molar-refractivity contribution in [1.29, 1.82) is 0 Å². The van der Waals surface area contributed by atoms with Crippen LogP contribution in [0.2, 0.25) is 0 Å². The van der Waals surface area contributed by atoms with E-state index in [2.05, 4.69) is 34.7 Å². The summed E-state index contributed by atoms with van der Waals surface area (Å²) in [6.07, 6.45) is 3.59. The average Bonchev–Trinajstić information content (AvgIpc) is 2.86. The number of rotatable bonds is 1. The van der Waals surface area contributed by atoms with Gasteiger partial charge in [0.1, 0.15) is 0 Å². The van der Waals surface area contributed by atoms with Gasteiger partial charge >= 0.3 is 0 Å². The molecule has 1 saturated heterocycles. The molecule has 1 aliphatic heterocycles. The zero-order chi connectivity index (χ0) is 14.5. The fraction of sp³-hybridized carbons (Fsp3) is 0.647. The van der Waals surface area contributed by atoms with Crippen LogP contribution in [0.5, 0.6) is 0 Å². The predicted molar refractivity (Wildman–Crippen MR) is 87.7 cm³/mol. The SMILES string of the molecule is Brc1ccccc1.CC(C)N1CC2CCCC(O)C2C1. The second-order valence-electron chi connectivity index (χ2n) is 6.27. The highest BCUT2D eigenvalue weighted by Crippen LogP contribution is 2.36. The van der Waals surface area contributed by atoms with E-state index in [0.717, 1.165) is 23.4 Å². The Morgan fingerprint density at radius 2 is 1.85 bits per heavy atom. The molecular formula is C17H26BrNO. The van der Waals surface area contributed by atoms with Gasteiger partial charge in [0.25, 0.3) is 0 Å². The summed E-state index contributed by atoms with van der Waals surface area (Å²) >= 11 is 3.31. The molecule has 112 valence electrons. The summed E-state index contributed by atoms with van der Waals surface area (Å²) in [6, 6.07) is 10.6. The highest BCUT2D eigenvalue weighted by atomic mass is 79.9. The van der Waals surface area contributed by atoms with Crippen LogP contribution in [0.1, 0.15) is 33.1 Å². The van der Waals surface area contributed by atoms with Gasteiger partial charge in [-0.05, 0) is 44.7 Å². The normalized spacial score (nSPS) is 29.8. The molecule has 1 N–H and O–H groups in total. The van der Waals surface area contributed by atoms with E-state index in [9.17, 15) is 5.11 Å². The van der Waals surface area contributed by atoms with Crippen LogP contribution in [0.4, 0.5) is 0 Å². The largest absolute Gasteiger partial charge is 0.393 e. The third-order valence-electron chi connectivity index (χ3n) is 4.55. The first-order chi connectivity index (χ1) is 9.58. The summed E-state index contributed by atoms with van der Waals surface area (Å²) < 4.78 is 1.13. The minimum Gasteiger partial charge on any atom is -0.393 e. The van der Waals surface area contributed by atoms with Crippen molar-refractivity contribution < 1.29 is 5.11 Å². The molecule has 0 spiro atoms. The van der Waals surface area contributed by atoms with Gasteiger partial charge in [0, 0.05) is 29.5 Å². The van der Waals surface area contributed by atoms with Gasteiger partial charge in [-0.25, -0.2) is 0 Å². The summed E-state index contributed by atoms with van der Waals surface area (Å²) in [4.78, 5) is 2.52. The fourth-order valence-electron chi connectivity index (χ4n) is 3.31. The van der Waals surface area contributed by atoms with Crippen molar-refractivity contribution in [2.75, 3.05) is 13.1 Å². The average molecular weight is 340 g/mol. The Labute approximate surface area is 131 Å². The molecule has 2 aliphatic rings. The Bertz CT molecular complexity index is 395. The molecule has 3 atom stereocenters. The molecule has 0 radical (unpaired) electrons. The Balaban J connectivity index is 0.000000178. The minimum atomic E-state index is -0.0116. The monoisotopic (exact) mass is 339 g/mol. The maximum atomic E-state index is 9.85. The van der Waals surface area contributed by atoms with Gasteiger partial charge in [0.05, 0.1) is 6.10 Å². The van der Waals surface area contributed by atoms with Crippen LogP contribution in [0.25, 0.3) is 0 Å². The highest BCUT2D eigenvalue weighted by molar-refractivity contribution is 9.10. The first-order valence-corrected chi connectivity index (χ1v) is 8.50. The van der Waals surface area contributed by atoms with Crippen molar-refractivity contribution in [1.82, 2.24) is 4.90 Å². The lowest BCUT2D eigenvalue weighted by atomic mass is 9.80. The Morgan fingerprint density at radius 1 is 1.15 bits per heavy atom. The van der Waals surface area contributed by atoms with E-state index in [1.165, 1.54) is 19.4 Å². The summed E-state index contributed by atoms with van der Waals surface area (Å²) in [5, 5.41) is 9.85. The maximum absolute atomic E-state index is 9.85. The zero-order valence-electron chi connectivity index (χ0n) is 12.5. The second kappa shape index (κ2) is 7.58. The van der Waals surface area contributed by atoms with Crippen molar-refractivity contribution >= 4 is 15.9 Å². The molecule has 0 amide bonds. The van der Waals surface area contributed by atoms with Gasteiger partial charge in [-0.15, -0.1) is 0 Å². The molecule has 2 fully saturated rings. The van der Waals surface area contributed by atoms with Gasteiger partial charge in [-0.3, -0.25) is 0 Å². The number of aliphatic hydroxyl groups excluding tert-OH is 1. The van der Waals surface area contributed by atoms with Crippen molar-refractivity contribution in [3.8, 4) is 0 Å². The van der Waals surface area contributed by atoms with E-state index in [-0.39, 0.29) is 6.10 Å². The van der Waals surface area contributed by atoms with Crippen LogP contribution >= 0.6 is 15.9 Å². The molecule has 20 heavy (non-hydrogen) atoms. The fourth-order valence-corrected chi connectivity index (χ4v) is 3.62. The zero-order valence-corrected chi connectivity index (χ0v) is 14.1. The maximum Gasteiger partial charge on any atom is 0.0583 e. The van der Waals surface area contributed by atoms with E-state index in [0.29, 0.717) is 12.0 Å². The van der Waals surface area contributed by atoms with Crippen LogP contribution in [0, 0.1) is 11.8 Å². The summed E-state index contributed by atoms with van der Waals surface area (Å²) in [5.41, 5.74) is 0. The highest BCUT2D eigenvalue weighted by Gasteiger charge is 2.39. The number of halogens is 1. The summed E-state index contributed by atoms with van der Waals surface area (Å²) in [6.45, 7) is 6.86. The third kappa shape index (κ3) is 4.31. The molecule has 1 aromatic rings. The van der Waals surface area contributed by atoms with E-state index in [1.54, 1.807) is 0 Å². The smallest absolute Gasteiger partial charge is 0.0583 e. The number of aliphatic hydroxyl groups is 1. The lowest BCUT2D eigenvalue weighted by Crippen LogP contribution is -2.32. The Kier molecular flexibility index (Phi) is 6.06.